The van der Waals surface area contributed by atoms with Gasteiger partial charge in [0.05, 0.1) is 22.1 Å². The fraction of sp³-hybridized carbons (Fsp3) is 0.0182. The average molecular weight is 771 g/mol. The van der Waals surface area contributed by atoms with Crippen LogP contribution >= 0.6 is 11.3 Å². The maximum Gasteiger partial charge on any atom is 0.135 e. The third-order valence-corrected chi connectivity index (χ3v) is 13.7. The van der Waals surface area contributed by atoms with Gasteiger partial charge in [-0.15, -0.1) is 11.3 Å². The van der Waals surface area contributed by atoms with Crippen LogP contribution < -0.4 is 0 Å². The molecule has 0 spiro atoms. The van der Waals surface area contributed by atoms with Crippen LogP contribution in [0.4, 0.5) is 0 Å². The third kappa shape index (κ3) is 4.63. The largest absolute Gasteiger partial charge is 0.456 e. The number of thiophene rings is 1. The summed E-state index contributed by atoms with van der Waals surface area (Å²) in [7, 11) is 0. The fourth-order valence-corrected chi connectivity index (χ4v) is 11.1. The Bertz CT molecular complexity index is 3870. The standard InChI is InChI=1S/C55H34N2OS/c1-33-14-2-7-23-47(33)57-49-25-9-4-16-36(49)45-31-43(42-22-13-21-41-38-18-6-11-27-53(38)59-55(41)42)44(32-50(45)57)40-20-12-19-39-35-15-3-8-24-48(35)56(54(39)40)34-28-29-52-46(30-34)37-17-5-10-26-51(37)58-52/h2-32H,1H3. The molecular formula is C55H34N2OS. The number of aromatic nitrogens is 2. The second-order valence-electron chi connectivity index (χ2n) is 15.7. The van der Waals surface area contributed by atoms with E-state index in [4.69, 9.17) is 4.42 Å². The van der Waals surface area contributed by atoms with Crippen LogP contribution in [0.3, 0.4) is 0 Å². The Balaban J connectivity index is 1.20. The van der Waals surface area contributed by atoms with Gasteiger partial charge in [0.1, 0.15) is 11.2 Å². The molecule has 4 heterocycles. The van der Waals surface area contributed by atoms with Crippen molar-refractivity contribution in [2.24, 2.45) is 0 Å². The first-order valence-electron chi connectivity index (χ1n) is 20.2. The molecule has 0 aliphatic rings. The molecule has 0 aliphatic heterocycles. The van der Waals surface area contributed by atoms with Crippen LogP contribution in [0.2, 0.25) is 0 Å². The molecule has 0 unspecified atom stereocenters. The Labute approximate surface area is 343 Å². The summed E-state index contributed by atoms with van der Waals surface area (Å²) in [5.74, 6) is 0. The summed E-state index contributed by atoms with van der Waals surface area (Å²) < 4.78 is 13.9. The van der Waals surface area contributed by atoms with Gasteiger partial charge < -0.3 is 13.6 Å². The smallest absolute Gasteiger partial charge is 0.135 e. The first kappa shape index (κ1) is 32.7. The Morgan fingerprint density at radius 2 is 1.02 bits per heavy atom. The van der Waals surface area contributed by atoms with E-state index in [2.05, 4.69) is 198 Å². The summed E-state index contributed by atoms with van der Waals surface area (Å²) in [6.45, 7) is 2.21. The maximum absolute atomic E-state index is 6.33. The van der Waals surface area contributed by atoms with E-state index >= 15 is 0 Å². The molecule has 59 heavy (non-hydrogen) atoms. The van der Waals surface area contributed by atoms with E-state index in [-0.39, 0.29) is 0 Å². The summed E-state index contributed by atoms with van der Waals surface area (Å²) in [6.07, 6.45) is 0. The van der Waals surface area contributed by atoms with Crippen LogP contribution in [-0.4, -0.2) is 9.13 Å². The lowest BCUT2D eigenvalue weighted by Gasteiger charge is -2.17. The van der Waals surface area contributed by atoms with Crippen LogP contribution in [-0.2, 0) is 0 Å². The molecule has 0 bridgehead atoms. The molecular weight excluding hydrogens is 737 g/mol. The molecule has 4 heteroatoms. The second kappa shape index (κ2) is 12.3. The minimum atomic E-state index is 0.893. The van der Waals surface area contributed by atoms with Crippen LogP contribution in [0.15, 0.2) is 192 Å². The molecule has 0 saturated heterocycles. The molecule has 0 aliphatic carbocycles. The number of hydrogen-bond donors (Lipinski definition) is 0. The Morgan fingerprint density at radius 1 is 0.390 bits per heavy atom. The zero-order chi connectivity index (χ0) is 38.8. The van der Waals surface area contributed by atoms with Crippen molar-refractivity contribution in [3.8, 4) is 33.6 Å². The molecule has 0 amide bonds. The van der Waals surface area contributed by atoms with E-state index in [1.165, 1.54) is 97.3 Å². The van der Waals surface area contributed by atoms with Gasteiger partial charge in [0.2, 0.25) is 0 Å². The van der Waals surface area contributed by atoms with E-state index in [9.17, 15) is 0 Å². The molecule has 13 aromatic rings. The molecule has 3 nitrogen and oxygen atoms in total. The Kier molecular flexibility index (Phi) is 6.81. The van der Waals surface area contributed by atoms with Crippen LogP contribution in [0, 0.1) is 6.92 Å². The lowest BCUT2D eigenvalue weighted by atomic mass is 9.90. The highest BCUT2D eigenvalue weighted by Crippen LogP contribution is 2.48. The number of nitrogens with zero attached hydrogens (tertiary/aromatic N) is 2. The van der Waals surface area contributed by atoms with Crippen LogP contribution in [0.1, 0.15) is 5.56 Å². The maximum atomic E-state index is 6.33. The van der Waals surface area contributed by atoms with Crippen molar-refractivity contribution in [2.45, 2.75) is 6.92 Å². The second-order valence-corrected chi connectivity index (χ2v) is 16.7. The summed E-state index contributed by atoms with van der Waals surface area (Å²) in [5.41, 5.74) is 14.9. The van der Waals surface area contributed by atoms with Gasteiger partial charge in [-0.25, -0.2) is 0 Å². The van der Waals surface area contributed by atoms with Gasteiger partial charge in [-0.1, -0.05) is 127 Å². The minimum absolute atomic E-state index is 0.893. The fourth-order valence-electron chi connectivity index (χ4n) is 9.85. The van der Waals surface area contributed by atoms with Gasteiger partial charge in [-0.3, -0.25) is 0 Å². The van der Waals surface area contributed by atoms with E-state index in [0.717, 1.165) is 27.6 Å². The van der Waals surface area contributed by atoms with Crippen molar-refractivity contribution in [3.05, 3.63) is 194 Å². The summed E-state index contributed by atoms with van der Waals surface area (Å²) >= 11 is 1.89. The monoisotopic (exact) mass is 770 g/mol. The first-order chi connectivity index (χ1) is 29.2. The molecule has 9 aromatic carbocycles. The Morgan fingerprint density at radius 3 is 1.86 bits per heavy atom. The number of para-hydroxylation sites is 5. The first-order valence-corrected chi connectivity index (χ1v) is 21.0. The number of benzene rings is 9. The van der Waals surface area contributed by atoms with Gasteiger partial charge in [0.25, 0.3) is 0 Å². The van der Waals surface area contributed by atoms with E-state index < -0.39 is 0 Å². The minimum Gasteiger partial charge on any atom is -0.456 e. The molecule has 0 N–H and O–H groups in total. The van der Waals surface area contributed by atoms with Crippen molar-refractivity contribution in [3.63, 3.8) is 0 Å². The summed E-state index contributed by atoms with van der Waals surface area (Å²) in [5, 5.41) is 9.77. The van der Waals surface area contributed by atoms with E-state index in [1.807, 2.05) is 17.4 Å². The van der Waals surface area contributed by atoms with Gasteiger partial charge >= 0.3 is 0 Å². The van der Waals surface area contributed by atoms with Crippen molar-refractivity contribution in [2.75, 3.05) is 0 Å². The van der Waals surface area contributed by atoms with Gasteiger partial charge in [0, 0.05) is 75.0 Å². The third-order valence-electron chi connectivity index (χ3n) is 12.5. The van der Waals surface area contributed by atoms with E-state index in [0.29, 0.717) is 0 Å². The SMILES string of the molecule is Cc1ccccc1-n1c2ccccc2c2cc(-c3cccc4c3sc3ccccc34)c(-c3cccc4c5ccccc5n(-c5ccc6oc7ccccc7c6c5)c34)cc21. The normalized spacial score (nSPS) is 12.2. The van der Waals surface area contributed by atoms with Gasteiger partial charge in [-0.05, 0) is 84.3 Å². The van der Waals surface area contributed by atoms with Crippen molar-refractivity contribution in [1.29, 1.82) is 0 Å². The highest BCUT2D eigenvalue weighted by molar-refractivity contribution is 7.26. The summed E-state index contributed by atoms with van der Waals surface area (Å²) in [4.78, 5) is 0. The lowest BCUT2D eigenvalue weighted by molar-refractivity contribution is 0.669. The number of furan rings is 1. The van der Waals surface area contributed by atoms with Gasteiger partial charge in [0.15, 0.2) is 0 Å². The Hall–Kier alpha value is -7.40. The molecule has 13 rings (SSSR count). The number of fused-ring (bicyclic) bond motifs is 12. The van der Waals surface area contributed by atoms with E-state index in [1.54, 1.807) is 0 Å². The van der Waals surface area contributed by atoms with Crippen LogP contribution in [0.5, 0.6) is 0 Å². The number of hydrogen-bond acceptors (Lipinski definition) is 2. The van der Waals surface area contributed by atoms with Crippen molar-refractivity contribution >= 4 is 97.1 Å². The van der Waals surface area contributed by atoms with Crippen molar-refractivity contribution < 1.29 is 4.42 Å². The molecule has 276 valence electrons. The highest BCUT2D eigenvalue weighted by Gasteiger charge is 2.24. The molecule has 0 saturated carbocycles. The van der Waals surface area contributed by atoms with Gasteiger partial charge in [-0.2, -0.15) is 0 Å². The zero-order valence-corrected chi connectivity index (χ0v) is 32.9. The highest BCUT2D eigenvalue weighted by atomic mass is 32.1. The number of rotatable bonds is 4. The molecule has 0 atom stereocenters. The van der Waals surface area contributed by atoms with Crippen LogP contribution in [0.25, 0.3) is 119 Å². The molecule has 4 aromatic heterocycles. The zero-order valence-electron chi connectivity index (χ0n) is 32.1. The summed E-state index contributed by atoms with van der Waals surface area (Å²) in [6, 6.07) is 69.0. The molecule has 0 fully saturated rings. The quantitative estimate of drug-likeness (QED) is 0.175. The van der Waals surface area contributed by atoms with Crippen molar-refractivity contribution in [1.82, 2.24) is 9.13 Å². The topological polar surface area (TPSA) is 23.0 Å². The predicted octanol–water partition coefficient (Wildman–Crippen LogP) is 15.8. The molecule has 0 radical (unpaired) electrons. The number of aryl methyl sites for hydroxylation is 1. The predicted molar refractivity (Wildman–Crippen MR) is 251 cm³/mol. The lowest BCUT2D eigenvalue weighted by Crippen LogP contribution is -1.98. The average Bonchev–Trinajstić information content (AvgIpc) is 4.04.